The number of benzene rings is 4. The Hall–Kier alpha value is -4.04. The first kappa shape index (κ1) is 47.6. The normalized spacial score (nSPS) is 12.7. The van der Waals surface area contributed by atoms with Gasteiger partial charge in [0.1, 0.15) is 21.3 Å². The molecule has 0 N–H and O–H groups in total. The predicted octanol–water partition coefficient (Wildman–Crippen LogP) is 13.2. The van der Waals surface area contributed by atoms with Crippen molar-refractivity contribution in [2.75, 3.05) is 0 Å². The monoisotopic (exact) mass is 868 g/mol. The van der Waals surface area contributed by atoms with E-state index in [0.717, 1.165) is 126 Å². The van der Waals surface area contributed by atoms with Crippen LogP contribution in [0, 0.1) is 0 Å². The van der Waals surface area contributed by atoms with Crippen LogP contribution in [0.4, 0.5) is 26.3 Å². The van der Waals surface area contributed by atoms with E-state index in [1.807, 2.05) is 0 Å². The van der Waals surface area contributed by atoms with Crippen LogP contribution in [0.5, 0.6) is 11.5 Å². The van der Waals surface area contributed by atoms with E-state index >= 15 is 26.3 Å². The number of aryl methyl sites for hydroxylation is 2. The van der Waals surface area contributed by atoms with Gasteiger partial charge in [0, 0.05) is 11.1 Å². The first-order valence-electron chi connectivity index (χ1n) is 20.4. The van der Waals surface area contributed by atoms with Crippen LogP contribution in [0.2, 0.25) is 0 Å². The van der Waals surface area contributed by atoms with E-state index in [-0.39, 0.29) is 24.0 Å². The summed E-state index contributed by atoms with van der Waals surface area (Å²) >= 11 is 0. The molecule has 0 aliphatic carbocycles. The third-order valence-corrected chi connectivity index (χ3v) is 12.8. The largest absolute Gasteiger partial charge is 0.411 e. The van der Waals surface area contributed by atoms with E-state index in [0.29, 0.717) is 25.0 Å². The molecule has 0 fully saturated rings. The number of alkyl halides is 6. The van der Waals surface area contributed by atoms with Gasteiger partial charge < -0.3 is 8.37 Å². The number of halogens is 6. The van der Waals surface area contributed by atoms with Crippen molar-refractivity contribution in [3.63, 3.8) is 0 Å². The molecule has 0 radical (unpaired) electrons. The maximum atomic E-state index is 15.9. The molecule has 0 heterocycles. The van der Waals surface area contributed by atoms with Gasteiger partial charge in [-0.1, -0.05) is 152 Å². The Morgan fingerprint density at radius 2 is 0.763 bits per heavy atom. The van der Waals surface area contributed by atoms with Crippen molar-refractivity contribution in [2.24, 2.45) is 0 Å². The van der Waals surface area contributed by atoms with Crippen LogP contribution in [-0.4, -0.2) is 29.2 Å². The molecule has 0 atom stereocenters. The molecule has 4 rings (SSSR count). The van der Waals surface area contributed by atoms with Gasteiger partial charge in [0.2, 0.25) is 5.41 Å². The second kappa shape index (κ2) is 21.5. The molecule has 4 aromatic rings. The van der Waals surface area contributed by atoms with E-state index in [1.165, 1.54) is 36.4 Å². The second-order valence-corrected chi connectivity index (χ2v) is 17.9. The van der Waals surface area contributed by atoms with Crippen molar-refractivity contribution in [1.29, 1.82) is 0 Å². The van der Waals surface area contributed by atoms with Gasteiger partial charge >= 0.3 is 32.6 Å². The van der Waals surface area contributed by atoms with Gasteiger partial charge in [0.15, 0.2) is 0 Å². The van der Waals surface area contributed by atoms with Gasteiger partial charge in [-0.2, -0.15) is 43.2 Å². The first-order valence-corrected chi connectivity index (χ1v) is 23.2. The predicted molar refractivity (Wildman–Crippen MR) is 218 cm³/mol. The summed E-state index contributed by atoms with van der Waals surface area (Å²) in [4.78, 5) is -0.999. The quantitative estimate of drug-likeness (QED) is 0.0396. The van der Waals surface area contributed by atoms with Crippen LogP contribution in [0.15, 0.2) is 107 Å². The average molecular weight is 869 g/mol. The topological polar surface area (TPSA) is 86.7 Å². The highest BCUT2D eigenvalue weighted by molar-refractivity contribution is 7.87. The molecule has 0 aliphatic heterocycles. The molecule has 0 unspecified atom stereocenters. The van der Waals surface area contributed by atoms with E-state index in [1.54, 1.807) is 0 Å². The zero-order valence-corrected chi connectivity index (χ0v) is 35.2. The Labute approximate surface area is 345 Å². The molecular formula is C45H54F6O6S2. The molecular weight excluding hydrogens is 815 g/mol. The van der Waals surface area contributed by atoms with E-state index in [9.17, 15) is 16.8 Å². The zero-order valence-electron chi connectivity index (χ0n) is 33.6. The van der Waals surface area contributed by atoms with Gasteiger partial charge in [-0.25, -0.2) is 0 Å². The summed E-state index contributed by atoms with van der Waals surface area (Å²) in [5.74, 6) is -2.40. The second-order valence-electron chi connectivity index (χ2n) is 14.9. The van der Waals surface area contributed by atoms with Gasteiger partial charge in [0.25, 0.3) is 0 Å². The average Bonchev–Trinajstić information content (AvgIpc) is 3.18. The summed E-state index contributed by atoms with van der Waals surface area (Å²) in [5, 5.41) is 0. The highest BCUT2D eigenvalue weighted by Crippen LogP contribution is 2.60. The molecule has 0 spiro atoms. The lowest BCUT2D eigenvalue weighted by Crippen LogP contribution is -2.55. The minimum absolute atomic E-state index is 0.220. The molecule has 59 heavy (non-hydrogen) atoms. The van der Waals surface area contributed by atoms with Gasteiger partial charge in [-0.3, -0.25) is 0 Å². The Morgan fingerprint density at radius 3 is 1.08 bits per heavy atom. The Balaban J connectivity index is 1.92. The summed E-state index contributed by atoms with van der Waals surface area (Å²) in [7, 11) is -9.98. The van der Waals surface area contributed by atoms with Crippen molar-refractivity contribution in [3.05, 3.63) is 119 Å². The Morgan fingerprint density at radius 1 is 0.441 bits per heavy atom. The fourth-order valence-electron chi connectivity index (χ4n) is 7.20. The van der Waals surface area contributed by atoms with Crippen molar-refractivity contribution >= 4 is 20.2 Å². The number of rotatable bonds is 24. The van der Waals surface area contributed by atoms with E-state index in [4.69, 9.17) is 8.37 Å². The van der Waals surface area contributed by atoms with Crippen LogP contribution in [-0.2, 0) is 38.5 Å². The van der Waals surface area contributed by atoms with Crippen LogP contribution in [0.1, 0.15) is 126 Å². The summed E-state index contributed by atoms with van der Waals surface area (Å²) in [6.45, 7) is 4.17. The zero-order chi connectivity index (χ0) is 43.2. The molecule has 0 aliphatic rings. The first-order chi connectivity index (χ1) is 28.0. The van der Waals surface area contributed by atoms with Crippen LogP contribution in [0.25, 0.3) is 0 Å². The van der Waals surface area contributed by atoms with Crippen LogP contribution in [0.3, 0.4) is 0 Å². The Kier molecular flexibility index (Phi) is 17.3. The number of hydrogen-bond donors (Lipinski definition) is 0. The SMILES string of the molecule is CCCCCCCCCc1ccc(C(c2ccc(CCCCCCCCC)cc2OS(=O)(=O)c2ccccc2)(C(F)(F)F)C(F)(F)F)c(OS(=O)(=O)c2ccccc2)c1. The third kappa shape index (κ3) is 12.5. The molecule has 324 valence electrons. The van der Waals surface area contributed by atoms with Gasteiger partial charge in [0.05, 0.1) is 0 Å². The van der Waals surface area contributed by atoms with Crippen LogP contribution >= 0.6 is 0 Å². The molecule has 0 amide bonds. The van der Waals surface area contributed by atoms with Crippen molar-refractivity contribution in [1.82, 2.24) is 0 Å². The highest BCUT2D eigenvalue weighted by Gasteiger charge is 2.74. The summed E-state index contributed by atoms with van der Waals surface area (Å²) in [6, 6.07) is 17.8. The highest BCUT2D eigenvalue weighted by atomic mass is 32.2. The third-order valence-electron chi connectivity index (χ3n) is 10.4. The van der Waals surface area contributed by atoms with E-state index in [2.05, 4.69) is 13.8 Å². The molecule has 0 saturated carbocycles. The molecule has 14 heteroatoms. The standard InChI is InChI=1S/C45H54F6O6S2/c1-3-5-7-9-11-13-17-23-35-29-31-39(41(33-35)56-58(52,53)37-25-19-15-20-26-37)43(44(46,47)48,45(49,50)51)40-32-30-36(24-18-14-12-10-8-6-4-2)34-42(40)57-59(54,55)38-27-21-16-22-28-38/h15-16,19-22,25-34H,3-14,17-18,23-24H2,1-2H3. The summed E-state index contributed by atoms with van der Waals surface area (Å²) in [6.07, 6.45) is 0.498. The fraction of sp³-hybridized carbons (Fsp3) is 0.467. The number of hydrogen-bond acceptors (Lipinski definition) is 6. The lowest BCUT2D eigenvalue weighted by atomic mass is 9.71. The summed E-state index contributed by atoms with van der Waals surface area (Å²) < 4.78 is 161. The molecule has 0 saturated heterocycles. The molecule has 6 nitrogen and oxygen atoms in total. The molecule has 0 bridgehead atoms. The summed E-state index contributed by atoms with van der Waals surface area (Å²) in [5.41, 5.74) is -7.72. The van der Waals surface area contributed by atoms with Gasteiger partial charge in [-0.15, -0.1) is 0 Å². The smallest absolute Gasteiger partial charge is 0.379 e. The minimum Gasteiger partial charge on any atom is -0.379 e. The maximum Gasteiger partial charge on any atom is 0.411 e. The van der Waals surface area contributed by atoms with Crippen molar-refractivity contribution in [2.45, 2.75) is 144 Å². The van der Waals surface area contributed by atoms with Gasteiger partial charge in [-0.05, 0) is 73.2 Å². The fourth-order valence-corrected chi connectivity index (χ4v) is 9.12. The molecule has 4 aromatic carbocycles. The van der Waals surface area contributed by atoms with Crippen molar-refractivity contribution in [3.8, 4) is 11.5 Å². The lowest BCUT2D eigenvalue weighted by molar-refractivity contribution is -0.289. The minimum atomic E-state index is -6.26. The molecule has 0 aromatic heterocycles. The van der Waals surface area contributed by atoms with Crippen molar-refractivity contribution < 1.29 is 51.5 Å². The van der Waals surface area contributed by atoms with Crippen LogP contribution < -0.4 is 8.37 Å². The Bertz CT molecular complexity index is 1970. The lowest BCUT2D eigenvalue weighted by Gasteiger charge is -2.39. The maximum absolute atomic E-state index is 15.9. The number of unbranched alkanes of at least 4 members (excludes halogenated alkanes) is 12. The van der Waals surface area contributed by atoms with E-state index < -0.39 is 70.4 Å².